The van der Waals surface area contributed by atoms with E-state index in [0.717, 1.165) is 52.7 Å². The van der Waals surface area contributed by atoms with Gasteiger partial charge in [0.25, 0.3) is 0 Å². The monoisotopic (exact) mass is 474 g/mol. The Labute approximate surface area is 196 Å². The van der Waals surface area contributed by atoms with Crippen LogP contribution in [-0.2, 0) is 4.79 Å². The lowest BCUT2D eigenvalue weighted by atomic mass is 9.84. The minimum atomic E-state index is -0.949. The molecule has 3 aliphatic heterocycles. The summed E-state index contributed by atoms with van der Waals surface area (Å²) in [5.74, 6) is 1.12. The largest absolute Gasteiger partial charge is 0.368 e. The molecule has 0 radical (unpaired) electrons. The fourth-order valence-electron chi connectivity index (χ4n) is 5.36. The summed E-state index contributed by atoms with van der Waals surface area (Å²) in [6.45, 7) is 6.40. The number of likely N-dealkylation sites (tertiary alicyclic amines) is 1. The Hall–Kier alpha value is -2.20. The molecule has 3 amide bonds. The van der Waals surface area contributed by atoms with Gasteiger partial charge in [-0.15, -0.1) is 11.3 Å². The van der Waals surface area contributed by atoms with Crippen LogP contribution in [0.2, 0.25) is 0 Å². The summed E-state index contributed by atoms with van der Waals surface area (Å²) >= 11 is 3.12. The maximum atomic E-state index is 12.9. The van der Waals surface area contributed by atoms with E-state index in [1.807, 2.05) is 6.92 Å². The molecule has 6 rings (SSSR count). The highest BCUT2D eigenvalue weighted by Crippen LogP contribution is 2.40. The molecule has 4 fully saturated rings. The molecule has 2 aromatic heterocycles. The van der Waals surface area contributed by atoms with Gasteiger partial charge < -0.3 is 15.5 Å². The normalized spacial score (nSPS) is 27.6. The van der Waals surface area contributed by atoms with Crippen LogP contribution < -0.4 is 16.0 Å². The van der Waals surface area contributed by atoms with Gasteiger partial charge in [-0.3, -0.25) is 10.1 Å². The Balaban J connectivity index is 1.31. The van der Waals surface area contributed by atoms with E-state index in [1.54, 1.807) is 18.3 Å². The molecule has 8 nitrogen and oxygen atoms in total. The predicted molar refractivity (Wildman–Crippen MR) is 128 cm³/mol. The standard InChI is InChI=1S/C22H30N6O2S2/c1-13-17(16-12-31-21(25-16)27-10-14-4-5-15(11-27)7-6-14)32-19(24-13)26-20(30)28-9-3-8-22(28,2)18(23)29/h12,14-15H,3-11H2,1-2H3,(H2,23,29)(H,24,26,30)/t14?,15?,22-/m0/s1. The first-order valence-corrected chi connectivity index (χ1v) is 13.1. The van der Waals surface area contributed by atoms with E-state index in [9.17, 15) is 9.59 Å². The average Bonchev–Trinajstić information content (AvgIpc) is 3.41. The third-order valence-electron chi connectivity index (χ3n) is 7.35. The van der Waals surface area contributed by atoms with Crippen molar-refractivity contribution in [2.75, 3.05) is 29.9 Å². The molecule has 4 aliphatic rings. The smallest absolute Gasteiger partial charge is 0.324 e. The first-order valence-electron chi connectivity index (χ1n) is 11.4. The van der Waals surface area contributed by atoms with Crippen LogP contribution in [0.1, 0.15) is 51.1 Å². The van der Waals surface area contributed by atoms with Crippen molar-refractivity contribution in [1.82, 2.24) is 14.9 Å². The predicted octanol–water partition coefficient (Wildman–Crippen LogP) is 4.07. The van der Waals surface area contributed by atoms with Crippen LogP contribution in [0.4, 0.5) is 15.1 Å². The second-order valence-electron chi connectivity index (χ2n) is 9.56. The number of primary amides is 1. The SMILES string of the molecule is Cc1nc(NC(=O)N2CCC[C@@]2(C)C(N)=O)sc1-c1csc(N2CC3CCC(CC3)C2)n1. The van der Waals surface area contributed by atoms with E-state index < -0.39 is 11.4 Å². The summed E-state index contributed by atoms with van der Waals surface area (Å²) < 4.78 is 0. The molecular formula is C22H30N6O2S2. The van der Waals surface area contributed by atoms with Gasteiger partial charge in [-0.05, 0) is 64.2 Å². The summed E-state index contributed by atoms with van der Waals surface area (Å²) in [6, 6.07) is -0.330. The Morgan fingerprint density at radius 3 is 2.53 bits per heavy atom. The number of rotatable bonds is 4. The fourth-order valence-corrected chi connectivity index (χ4v) is 7.18. The lowest BCUT2D eigenvalue weighted by Crippen LogP contribution is -2.55. The first-order chi connectivity index (χ1) is 15.3. The minimum Gasteiger partial charge on any atom is -0.368 e. The number of anilines is 2. The maximum Gasteiger partial charge on any atom is 0.324 e. The number of hydrogen-bond donors (Lipinski definition) is 2. The number of aromatic nitrogens is 2. The van der Waals surface area contributed by atoms with Crippen molar-refractivity contribution in [2.45, 2.75) is 57.9 Å². The molecule has 0 spiro atoms. The van der Waals surface area contributed by atoms with E-state index in [0.29, 0.717) is 18.1 Å². The molecule has 1 saturated carbocycles. The number of nitrogens with zero attached hydrogens (tertiary/aromatic N) is 4. The topological polar surface area (TPSA) is 104 Å². The highest BCUT2D eigenvalue weighted by Gasteiger charge is 2.44. The lowest BCUT2D eigenvalue weighted by Gasteiger charge is -2.31. The number of fused-ring (bicyclic) bond motifs is 4. The Morgan fingerprint density at radius 1 is 1.19 bits per heavy atom. The van der Waals surface area contributed by atoms with Crippen LogP contribution in [0.3, 0.4) is 0 Å². The Bertz CT molecular complexity index is 1010. The van der Waals surface area contributed by atoms with E-state index in [-0.39, 0.29) is 6.03 Å². The quantitative estimate of drug-likeness (QED) is 0.695. The maximum absolute atomic E-state index is 12.9. The van der Waals surface area contributed by atoms with Crippen LogP contribution >= 0.6 is 22.7 Å². The van der Waals surface area contributed by atoms with Gasteiger partial charge in [0.05, 0.1) is 16.3 Å². The van der Waals surface area contributed by atoms with Crippen molar-refractivity contribution >= 4 is 44.9 Å². The average molecular weight is 475 g/mol. The zero-order valence-corrected chi connectivity index (χ0v) is 20.2. The van der Waals surface area contributed by atoms with Gasteiger partial charge >= 0.3 is 6.03 Å². The van der Waals surface area contributed by atoms with Gasteiger partial charge in [-0.25, -0.2) is 14.8 Å². The second kappa shape index (κ2) is 8.30. The molecule has 10 heteroatoms. The van der Waals surface area contributed by atoms with Crippen LogP contribution in [0, 0.1) is 18.8 Å². The molecule has 0 aromatic carbocycles. The van der Waals surface area contributed by atoms with Gasteiger partial charge in [-0.1, -0.05) is 11.3 Å². The zero-order valence-electron chi connectivity index (χ0n) is 18.6. The van der Waals surface area contributed by atoms with E-state index in [4.69, 9.17) is 10.7 Å². The number of hydrogen-bond acceptors (Lipinski definition) is 7. The van der Waals surface area contributed by atoms with Crippen LogP contribution in [0.25, 0.3) is 10.6 Å². The minimum absolute atomic E-state index is 0.330. The number of aryl methyl sites for hydroxylation is 1. The number of nitrogens with one attached hydrogen (secondary N) is 1. The summed E-state index contributed by atoms with van der Waals surface area (Å²) in [5, 5.41) is 6.58. The van der Waals surface area contributed by atoms with E-state index >= 15 is 0 Å². The van der Waals surface area contributed by atoms with Gasteiger partial charge in [0.15, 0.2) is 10.3 Å². The molecule has 172 valence electrons. The fraction of sp³-hybridized carbons (Fsp3) is 0.636. The van der Waals surface area contributed by atoms with Crippen molar-refractivity contribution in [1.29, 1.82) is 0 Å². The Kier molecular flexibility index (Phi) is 5.61. The molecule has 3 saturated heterocycles. The molecule has 2 aromatic rings. The third-order valence-corrected chi connectivity index (χ3v) is 9.34. The summed E-state index contributed by atoms with van der Waals surface area (Å²) in [6.07, 6.45) is 6.74. The van der Waals surface area contributed by atoms with Crippen LogP contribution in [0.5, 0.6) is 0 Å². The van der Waals surface area contributed by atoms with E-state index in [2.05, 4.69) is 20.6 Å². The second-order valence-corrected chi connectivity index (χ2v) is 11.4. The number of carbonyl (C=O) groups excluding carboxylic acids is 2. The highest BCUT2D eigenvalue weighted by atomic mass is 32.1. The highest BCUT2D eigenvalue weighted by molar-refractivity contribution is 7.20. The molecular weight excluding hydrogens is 444 g/mol. The molecule has 32 heavy (non-hydrogen) atoms. The number of nitrogens with two attached hydrogens (primary N) is 1. The first kappa shape index (κ1) is 21.6. The number of amides is 3. The van der Waals surface area contributed by atoms with Gasteiger partial charge in [0.2, 0.25) is 5.91 Å². The molecule has 1 atom stereocenters. The van der Waals surface area contributed by atoms with Crippen molar-refractivity contribution in [3.05, 3.63) is 11.1 Å². The summed E-state index contributed by atoms with van der Waals surface area (Å²) in [4.78, 5) is 39.2. The molecule has 0 unspecified atom stereocenters. The molecule has 1 aliphatic carbocycles. The van der Waals surface area contributed by atoms with Crippen molar-refractivity contribution in [2.24, 2.45) is 17.6 Å². The van der Waals surface area contributed by atoms with Crippen molar-refractivity contribution in [3.8, 4) is 10.6 Å². The number of carbonyl (C=O) groups is 2. The van der Waals surface area contributed by atoms with E-state index in [1.165, 1.54) is 41.9 Å². The van der Waals surface area contributed by atoms with Crippen LogP contribution in [-0.4, -0.2) is 52.0 Å². The molecule has 5 heterocycles. The molecule has 3 N–H and O–H groups in total. The van der Waals surface area contributed by atoms with Crippen molar-refractivity contribution < 1.29 is 9.59 Å². The van der Waals surface area contributed by atoms with Crippen LogP contribution in [0.15, 0.2) is 5.38 Å². The Morgan fingerprint density at radius 2 is 1.88 bits per heavy atom. The van der Waals surface area contributed by atoms with Gasteiger partial charge in [0, 0.05) is 25.0 Å². The lowest BCUT2D eigenvalue weighted by molar-refractivity contribution is -0.126. The number of thiazole rings is 2. The zero-order chi connectivity index (χ0) is 22.5. The summed E-state index contributed by atoms with van der Waals surface area (Å²) in [5.41, 5.74) is 6.38. The summed E-state index contributed by atoms with van der Waals surface area (Å²) in [7, 11) is 0. The molecule has 2 bridgehead atoms. The number of urea groups is 1. The van der Waals surface area contributed by atoms with Crippen molar-refractivity contribution in [3.63, 3.8) is 0 Å². The third kappa shape index (κ3) is 3.87. The van der Waals surface area contributed by atoms with Gasteiger partial charge in [-0.2, -0.15) is 0 Å². The van der Waals surface area contributed by atoms with Gasteiger partial charge in [0.1, 0.15) is 5.54 Å².